The van der Waals surface area contributed by atoms with Crippen LogP contribution in [0.15, 0.2) is 42.5 Å². The summed E-state index contributed by atoms with van der Waals surface area (Å²) in [6.45, 7) is 3.31. The summed E-state index contributed by atoms with van der Waals surface area (Å²) in [6, 6.07) is 8.75. The Balaban J connectivity index is 1.48. The lowest BCUT2D eigenvalue weighted by Crippen LogP contribution is -2.48. The van der Waals surface area contributed by atoms with E-state index in [1.165, 1.54) is 0 Å². The van der Waals surface area contributed by atoms with Crippen molar-refractivity contribution < 1.29 is 23.9 Å². The van der Waals surface area contributed by atoms with Crippen LogP contribution in [0, 0.1) is 35.5 Å². The molecule has 0 heterocycles. The highest BCUT2D eigenvalue weighted by atomic mass is 16.5. The van der Waals surface area contributed by atoms with Crippen LogP contribution in [0.4, 0.5) is 0 Å². The van der Waals surface area contributed by atoms with Crippen LogP contribution in [0.25, 0.3) is 0 Å². The molecule has 4 aliphatic carbocycles. The van der Waals surface area contributed by atoms with E-state index in [1.807, 2.05) is 6.07 Å². The third kappa shape index (κ3) is 3.31. The van der Waals surface area contributed by atoms with E-state index in [0.717, 1.165) is 6.42 Å². The molecule has 142 valence electrons. The van der Waals surface area contributed by atoms with E-state index in [-0.39, 0.29) is 36.3 Å². The maximum absolute atomic E-state index is 12.9. The number of esters is 2. The van der Waals surface area contributed by atoms with Gasteiger partial charge in [-0.25, -0.2) is 0 Å². The topological polar surface area (TPSA) is 69.7 Å². The number of hydrogen-bond acceptors (Lipinski definition) is 5. The first kappa shape index (κ1) is 18.0. The SMILES string of the molecule is CC(C)OC(=O)[C@@H]1[C@H]2C=C[C@H]([C@H]3C[C@H]23)[C@@H]1C(=O)OCC(=O)c1ccccc1. The zero-order valence-electron chi connectivity index (χ0n) is 15.5. The second-order valence-electron chi connectivity index (χ2n) is 8.04. The molecular formula is C22H24O5. The normalized spacial score (nSPS) is 32.7. The lowest BCUT2D eigenvalue weighted by molar-refractivity contribution is -0.169. The van der Waals surface area contributed by atoms with Crippen LogP contribution in [0.2, 0.25) is 0 Å². The fourth-order valence-electron chi connectivity index (χ4n) is 4.77. The second-order valence-corrected chi connectivity index (χ2v) is 8.04. The fraction of sp³-hybridized carbons (Fsp3) is 0.500. The number of benzene rings is 1. The number of ether oxygens (including phenoxy) is 2. The van der Waals surface area contributed by atoms with Gasteiger partial charge in [-0.15, -0.1) is 0 Å². The predicted octanol–water partition coefficient (Wildman–Crippen LogP) is 3.05. The number of Topliss-reactive ketones (excluding diaryl/α,β-unsaturated/α-hetero) is 1. The Morgan fingerprint density at radius 3 is 2.15 bits per heavy atom. The highest BCUT2D eigenvalue weighted by Gasteiger charge is 2.63. The maximum Gasteiger partial charge on any atom is 0.310 e. The van der Waals surface area contributed by atoms with Crippen LogP contribution in [0.1, 0.15) is 30.6 Å². The van der Waals surface area contributed by atoms with Crippen LogP contribution in [-0.4, -0.2) is 30.4 Å². The maximum atomic E-state index is 12.9. The standard InChI is InChI=1S/C22H24O5/c1-12(2)27-22(25)20-15-9-8-14(16-10-17(15)16)19(20)21(24)26-11-18(23)13-6-4-3-5-7-13/h3-9,12,14-17,19-20H,10-11H2,1-2H3/t14-,15+,16-,17-,19+,20-/m1/s1. The fourth-order valence-corrected chi connectivity index (χ4v) is 4.77. The van der Waals surface area contributed by atoms with Crippen molar-refractivity contribution in [3.05, 3.63) is 48.0 Å². The number of hydrogen-bond donors (Lipinski definition) is 0. The van der Waals surface area contributed by atoms with E-state index in [0.29, 0.717) is 17.4 Å². The summed E-state index contributed by atoms with van der Waals surface area (Å²) in [7, 11) is 0. The van der Waals surface area contributed by atoms with Crippen LogP contribution in [-0.2, 0) is 19.1 Å². The molecule has 0 aromatic heterocycles. The van der Waals surface area contributed by atoms with Gasteiger partial charge in [0.1, 0.15) is 0 Å². The molecule has 0 amide bonds. The molecule has 4 aliphatic rings. The van der Waals surface area contributed by atoms with Gasteiger partial charge in [0, 0.05) is 5.56 Å². The summed E-state index contributed by atoms with van der Waals surface area (Å²) in [5.41, 5.74) is 0.508. The van der Waals surface area contributed by atoms with E-state index >= 15 is 0 Å². The number of carbonyl (C=O) groups is 3. The number of allylic oxidation sites excluding steroid dienone is 2. The molecule has 5 heteroatoms. The zero-order valence-corrected chi connectivity index (χ0v) is 15.5. The minimum atomic E-state index is -0.557. The third-order valence-corrected chi connectivity index (χ3v) is 5.99. The van der Waals surface area contributed by atoms with Crippen molar-refractivity contribution in [3.63, 3.8) is 0 Å². The van der Waals surface area contributed by atoms with Crippen molar-refractivity contribution in [1.29, 1.82) is 0 Å². The first-order chi connectivity index (χ1) is 13.0. The van der Waals surface area contributed by atoms with Gasteiger partial charge in [-0.2, -0.15) is 0 Å². The molecule has 0 N–H and O–H groups in total. The highest BCUT2D eigenvalue weighted by molar-refractivity contribution is 5.98. The van der Waals surface area contributed by atoms with Crippen molar-refractivity contribution in [2.24, 2.45) is 35.5 Å². The third-order valence-electron chi connectivity index (χ3n) is 5.99. The number of carbonyl (C=O) groups excluding carboxylic acids is 3. The Labute approximate surface area is 158 Å². The second kappa shape index (κ2) is 6.95. The minimum Gasteiger partial charge on any atom is -0.463 e. The van der Waals surface area contributed by atoms with Crippen molar-refractivity contribution in [2.45, 2.75) is 26.4 Å². The van der Waals surface area contributed by atoms with Gasteiger partial charge < -0.3 is 9.47 Å². The van der Waals surface area contributed by atoms with Gasteiger partial charge in [0.15, 0.2) is 12.4 Å². The average molecular weight is 368 g/mol. The number of rotatable bonds is 6. The summed E-state index contributed by atoms with van der Waals surface area (Å²) in [6.07, 6.45) is 4.95. The van der Waals surface area contributed by atoms with Crippen molar-refractivity contribution in [3.8, 4) is 0 Å². The first-order valence-electron chi connectivity index (χ1n) is 9.61. The molecule has 1 aromatic carbocycles. The number of fused-ring (bicyclic) bond motifs is 1. The Morgan fingerprint density at radius 1 is 0.963 bits per heavy atom. The Hall–Kier alpha value is -2.43. The summed E-state index contributed by atoms with van der Waals surface area (Å²) < 4.78 is 10.8. The zero-order chi connectivity index (χ0) is 19.1. The molecule has 2 saturated carbocycles. The summed E-state index contributed by atoms with van der Waals surface area (Å²) in [5.74, 6) is -1.14. The molecule has 0 spiro atoms. The monoisotopic (exact) mass is 368 g/mol. The Kier molecular flexibility index (Phi) is 4.62. The largest absolute Gasteiger partial charge is 0.463 e. The number of ketones is 1. The molecule has 5 nitrogen and oxygen atoms in total. The molecule has 1 aromatic rings. The van der Waals surface area contributed by atoms with Crippen molar-refractivity contribution >= 4 is 17.7 Å². The quantitative estimate of drug-likeness (QED) is 0.438. The first-order valence-corrected chi connectivity index (χ1v) is 9.61. The predicted molar refractivity (Wildman–Crippen MR) is 97.7 cm³/mol. The lowest BCUT2D eigenvalue weighted by atomic mass is 9.62. The van der Waals surface area contributed by atoms with Crippen molar-refractivity contribution in [1.82, 2.24) is 0 Å². The molecule has 2 bridgehead atoms. The molecule has 2 fully saturated rings. The molecule has 27 heavy (non-hydrogen) atoms. The Bertz CT molecular complexity index is 781. The van der Waals surface area contributed by atoms with Gasteiger partial charge in [0.25, 0.3) is 0 Å². The van der Waals surface area contributed by atoms with Crippen molar-refractivity contribution in [2.75, 3.05) is 6.61 Å². The molecule has 0 radical (unpaired) electrons. The minimum absolute atomic E-state index is 0.00374. The van der Waals surface area contributed by atoms with Gasteiger partial charge in [-0.05, 0) is 43.9 Å². The van der Waals surface area contributed by atoms with Gasteiger partial charge in [-0.1, -0.05) is 42.5 Å². The van der Waals surface area contributed by atoms with Gasteiger partial charge in [-0.3, -0.25) is 14.4 Å². The van der Waals surface area contributed by atoms with E-state index in [4.69, 9.17) is 9.47 Å². The molecule has 0 saturated heterocycles. The molecule has 0 unspecified atom stereocenters. The van der Waals surface area contributed by atoms with E-state index in [1.54, 1.807) is 38.1 Å². The van der Waals surface area contributed by atoms with Crippen LogP contribution < -0.4 is 0 Å². The summed E-state index contributed by atoms with van der Waals surface area (Å²) >= 11 is 0. The Morgan fingerprint density at radius 2 is 1.56 bits per heavy atom. The van der Waals surface area contributed by atoms with Gasteiger partial charge >= 0.3 is 11.9 Å². The summed E-state index contributed by atoms with van der Waals surface area (Å²) in [4.78, 5) is 37.8. The molecular weight excluding hydrogens is 344 g/mol. The van der Waals surface area contributed by atoms with Crippen LogP contribution >= 0.6 is 0 Å². The lowest BCUT2D eigenvalue weighted by Gasteiger charge is -2.41. The van der Waals surface area contributed by atoms with Crippen LogP contribution in [0.3, 0.4) is 0 Å². The smallest absolute Gasteiger partial charge is 0.310 e. The molecule has 0 aliphatic heterocycles. The highest BCUT2D eigenvalue weighted by Crippen LogP contribution is 2.63. The molecule has 5 rings (SSSR count). The van der Waals surface area contributed by atoms with E-state index < -0.39 is 17.8 Å². The summed E-state index contributed by atoms with van der Waals surface area (Å²) in [5, 5.41) is 0. The van der Waals surface area contributed by atoms with Gasteiger partial charge in [0.05, 0.1) is 17.9 Å². The van der Waals surface area contributed by atoms with E-state index in [2.05, 4.69) is 12.2 Å². The van der Waals surface area contributed by atoms with E-state index in [9.17, 15) is 14.4 Å². The van der Waals surface area contributed by atoms with Gasteiger partial charge in [0.2, 0.25) is 0 Å². The average Bonchev–Trinajstić information content (AvgIpc) is 3.48. The van der Waals surface area contributed by atoms with Crippen LogP contribution in [0.5, 0.6) is 0 Å². The molecule has 6 atom stereocenters.